The van der Waals surface area contributed by atoms with Gasteiger partial charge in [0.1, 0.15) is 0 Å². The highest BCUT2D eigenvalue weighted by molar-refractivity contribution is 5.34. The van der Waals surface area contributed by atoms with Gasteiger partial charge in [-0.05, 0) is 36.3 Å². The van der Waals surface area contributed by atoms with Crippen LogP contribution in [0.25, 0.3) is 12.2 Å². The molecule has 0 nitrogen and oxygen atoms in total. The van der Waals surface area contributed by atoms with Crippen LogP contribution in [-0.2, 0) is 6.42 Å². The maximum absolute atomic E-state index is 2.20. The van der Waals surface area contributed by atoms with Gasteiger partial charge in [-0.2, -0.15) is 0 Å². The summed E-state index contributed by atoms with van der Waals surface area (Å²) < 4.78 is 0. The Morgan fingerprint density at radius 1 is 1.25 bits per heavy atom. The number of benzene rings is 1. The second kappa shape index (κ2) is 4.10. The van der Waals surface area contributed by atoms with Gasteiger partial charge in [-0.3, -0.25) is 0 Å². The molecule has 0 atom stereocenters. The van der Waals surface area contributed by atoms with E-state index in [4.69, 9.17) is 0 Å². The van der Waals surface area contributed by atoms with Crippen LogP contribution >= 0.6 is 0 Å². The molecular weight excluding hydrogens is 144 g/mol. The van der Waals surface area contributed by atoms with Gasteiger partial charge >= 0.3 is 0 Å². The van der Waals surface area contributed by atoms with Crippen molar-refractivity contribution in [2.75, 3.05) is 0 Å². The molecule has 0 aromatic heterocycles. The van der Waals surface area contributed by atoms with Gasteiger partial charge in [0, 0.05) is 1.43 Å². The Labute approximate surface area is 75.7 Å². The fourth-order valence-electron chi connectivity index (χ4n) is 1.54. The van der Waals surface area contributed by atoms with E-state index in [9.17, 15) is 0 Å². The van der Waals surface area contributed by atoms with Gasteiger partial charge in [-0.1, -0.05) is 37.3 Å². The number of aryl methyl sites for hydroxylation is 1. The topological polar surface area (TPSA) is 0 Å². The van der Waals surface area contributed by atoms with E-state index in [0.717, 1.165) is 6.42 Å². The molecule has 0 saturated carbocycles. The lowest BCUT2D eigenvalue weighted by Crippen LogP contribution is -2.27. The van der Waals surface area contributed by atoms with E-state index in [1.165, 1.54) is 16.0 Å². The van der Waals surface area contributed by atoms with Crippen molar-refractivity contribution in [2.24, 2.45) is 0 Å². The molecule has 66 valence electrons. The molecule has 1 rings (SSSR count). The maximum atomic E-state index is 2.20. The zero-order chi connectivity index (χ0) is 8.97. The van der Waals surface area contributed by atoms with Gasteiger partial charge < -0.3 is 0 Å². The lowest BCUT2D eigenvalue weighted by molar-refractivity contribution is 1.11. The molecule has 0 fully saturated rings. The van der Waals surface area contributed by atoms with Crippen LogP contribution in [0.2, 0.25) is 0 Å². The largest absolute Gasteiger partial charge is 0.0798 e. The van der Waals surface area contributed by atoms with E-state index in [0.29, 0.717) is 0 Å². The monoisotopic (exact) mass is 162 g/mol. The van der Waals surface area contributed by atoms with E-state index in [2.05, 4.69) is 51.1 Å². The third-order valence-corrected chi connectivity index (χ3v) is 2.21. The van der Waals surface area contributed by atoms with Crippen molar-refractivity contribution >= 4 is 12.2 Å². The lowest BCUT2D eigenvalue weighted by atomic mass is 10.1. The van der Waals surface area contributed by atoms with Crippen molar-refractivity contribution < 1.29 is 1.43 Å². The summed E-state index contributed by atoms with van der Waals surface area (Å²) in [6.07, 6.45) is 5.46. The normalized spacial score (nSPS) is 13.9. The zero-order valence-corrected chi connectivity index (χ0v) is 8.09. The standard InChI is InChI=1S/C12H16.H2/c1-4-10-8-7-9-11(5-2)12(10)6-3;/h4,6-9H,5H2,1-3H3;1H/b10-4-,12-6+;. The molecule has 0 aliphatic carbocycles. The average Bonchev–Trinajstić information content (AvgIpc) is 2.16. The summed E-state index contributed by atoms with van der Waals surface area (Å²) in [7, 11) is 0. The van der Waals surface area contributed by atoms with Crippen LogP contribution < -0.4 is 10.4 Å². The second-order valence-electron chi connectivity index (χ2n) is 2.85. The molecule has 0 spiro atoms. The zero-order valence-electron chi connectivity index (χ0n) is 8.09. The Balaban J connectivity index is 0.00000144. The molecule has 0 unspecified atom stereocenters. The van der Waals surface area contributed by atoms with Crippen molar-refractivity contribution in [1.82, 2.24) is 0 Å². The summed E-state index contributed by atoms with van der Waals surface area (Å²) in [5, 5.41) is 2.74. The van der Waals surface area contributed by atoms with E-state index >= 15 is 0 Å². The summed E-state index contributed by atoms with van der Waals surface area (Å²) in [5.41, 5.74) is 1.44. The van der Waals surface area contributed by atoms with Crippen LogP contribution in [0.5, 0.6) is 0 Å². The number of hydrogen-bond donors (Lipinski definition) is 0. The Morgan fingerprint density at radius 3 is 2.50 bits per heavy atom. The molecule has 0 aliphatic heterocycles. The highest BCUT2D eigenvalue weighted by Crippen LogP contribution is 1.88. The first-order chi connectivity index (χ1) is 5.83. The molecule has 0 radical (unpaired) electrons. The Morgan fingerprint density at radius 2 is 2.00 bits per heavy atom. The first kappa shape index (κ1) is 9.05. The van der Waals surface area contributed by atoms with Crippen molar-refractivity contribution in [3.8, 4) is 0 Å². The molecular formula is C12H18. The lowest BCUT2D eigenvalue weighted by Gasteiger charge is -1.97. The van der Waals surface area contributed by atoms with Crippen LogP contribution in [0.3, 0.4) is 0 Å². The molecule has 0 heterocycles. The highest BCUT2D eigenvalue weighted by Gasteiger charge is 1.90. The van der Waals surface area contributed by atoms with E-state index < -0.39 is 0 Å². The molecule has 0 heteroatoms. The molecule has 0 N–H and O–H groups in total. The van der Waals surface area contributed by atoms with Crippen LogP contribution in [0.4, 0.5) is 0 Å². The van der Waals surface area contributed by atoms with Gasteiger partial charge in [0.25, 0.3) is 0 Å². The van der Waals surface area contributed by atoms with Crippen molar-refractivity contribution in [3.63, 3.8) is 0 Å². The van der Waals surface area contributed by atoms with E-state index in [1.54, 1.807) is 0 Å². The van der Waals surface area contributed by atoms with E-state index in [-0.39, 0.29) is 1.43 Å². The summed E-state index contributed by atoms with van der Waals surface area (Å²) in [5.74, 6) is 0. The summed E-state index contributed by atoms with van der Waals surface area (Å²) >= 11 is 0. The van der Waals surface area contributed by atoms with Crippen molar-refractivity contribution in [1.29, 1.82) is 0 Å². The van der Waals surface area contributed by atoms with Gasteiger partial charge in [-0.15, -0.1) is 0 Å². The first-order valence-electron chi connectivity index (χ1n) is 4.54. The average molecular weight is 162 g/mol. The van der Waals surface area contributed by atoms with Crippen molar-refractivity contribution in [3.05, 3.63) is 34.2 Å². The molecule has 0 saturated heterocycles. The minimum Gasteiger partial charge on any atom is -0.0798 e. The maximum Gasteiger partial charge on any atom is 0 e. The third kappa shape index (κ3) is 1.58. The number of rotatable bonds is 1. The number of hydrogen-bond acceptors (Lipinski definition) is 0. The SMILES string of the molecule is C/C=c1/cccc(CC)/c1=C/C.[HH]. The predicted molar refractivity (Wildman–Crippen MR) is 57.5 cm³/mol. The Bertz CT molecular complexity index is 363. The molecule has 0 aliphatic rings. The quantitative estimate of drug-likeness (QED) is 0.593. The van der Waals surface area contributed by atoms with Crippen LogP contribution in [0, 0.1) is 0 Å². The molecule has 0 bridgehead atoms. The fraction of sp³-hybridized carbons (Fsp3) is 0.333. The minimum absolute atomic E-state index is 0. The van der Waals surface area contributed by atoms with Gasteiger partial charge in [0.2, 0.25) is 0 Å². The van der Waals surface area contributed by atoms with Crippen LogP contribution in [0.1, 0.15) is 27.8 Å². The smallest absolute Gasteiger partial charge is 0 e. The van der Waals surface area contributed by atoms with E-state index in [1.807, 2.05) is 0 Å². The first-order valence-corrected chi connectivity index (χ1v) is 4.54. The highest BCUT2D eigenvalue weighted by atomic mass is 14.0. The predicted octanol–water partition coefficient (Wildman–Crippen LogP) is 2.10. The van der Waals surface area contributed by atoms with Crippen LogP contribution in [-0.4, -0.2) is 0 Å². The fourth-order valence-corrected chi connectivity index (χ4v) is 1.54. The Kier molecular flexibility index (Phi) is 3.09. The minimum atomic E-state index is 0. The molecule has 1 aromatic rings. The second-order valence-corrected chi connectivity index (χ2v) is 2.85. The van der Waals surface area contributed by atoms with Crippen LogP contribution in [0.15, 0.2) is 18.2 Å². The molecule has 0 amide bonds. The third-order valence-electron chi connectivity index (χ3n) is 2.21. The summed E-state index contributed by atoms with van der Waals surface area (Å²) in [4.78, 5) is 0. The summed E-state index contributed by atoms with van der Waals surface area (Å²) in [6.45, 7) is 6.38. The molecule has 1 aromatic carbocycles. The Hall–Kier alpha value is -1.04. The van der Waals surface area contributed by atoms with Gasteiger partial charge in [0.05, 0.1) is 0 Å². The van der Waals surface area contributed by atoms with Gasteiger partial charge in [-0.25, -0.2) is 0 Å². The molecule has 12 heavy (non-hydrogen) atoms. The van der Waals surface area contributed by atoms with Crippen molar-refractivity contribution in [2.45, 2.75) is 27.2 Å². The van der Waals surface area contributed by atoms with Gasteiger partial charge in [0.15, 0.2) is 0 Å². The summed E-state index contributed by atoms with van der Waals surface area (Å²) in [6, 6.07) is 6.48.